The van der Waals surface area contributed by atoms with E-state index in [9.17, 15) is 9.59 Å². The molecule has 34 heavy (non-hydrogen) atoms. The average Bonchev–Trinajstić information content (AvgIpc) is 3.27. The van der Waals surface area contributed by atoms with Crippen LogP contribution in [0.5, 0.6) is 0 Å². The maximum atomic E-state index is 13.0. The number of likely N-dealkylation sites (tertiary alicyclic amines) is 1. The molecule has 1 N–H and O–H groups in total. The molecule has 6 rings (SSSR count). The van der Waals surface area contributed by atoms with Crippen LogP contribution in [0.4, 0.5) is 5.95 Å². The number of aldehydes is 1. The lowest BCUT2D eigenvalue weighted by molar-refractivity contribution is 0.0941. The van der Waals surface area contributed by atoms with Crippen molar-refractivity contribution in [1.29, 1.82) is 0 Å². The Kier molecular flexibility index (Phi) is 6.09. The molecule has 178 valence electrons. The van der Waals surface area contributed by atoms with Crippen LogP contribution in [-0.2, 0) is 0 Å². The Morgan fingerprint density at radius 1 is 1.06 bits per heavy atom. The van der Waals surface area contributed by atoms with Gasteiger partial charge in [-0.2, -0.15) is 4.98 Å². The van der Waals surface area contributed by atoms with E-state index in [0.29, 0.717) is 33.5 Å². The van der Waals surface area contributed by atoms with Gasteiger partial charge in [0.25, 0.3) is 0 Å². The second kappa shape index (κ2) is 9.05. The maximum Gasteiger partial charge on any atom is 0.227 e. The number of carbonyl (C=O) groups excluding carboxylic acids is 1. The zero-order valence-corrected chi connectivity index (χ0v) is 20.3. The van der Waals surface area contributed by atoms with E-state index >= 15 is 0 Å². The fourth-order valence-corrected chi connectivity index (χ4v) is 6.49. The lowest BCUT2D eigenvalue weighted by atomic mass is 9.71. The first kappa shape index (κ1) is 22.9. The van der Waals surface area contributed by atoms with Crippen molar-refractivity contribution in [2.24, 2.45) is 5.41 Å². The lowest BCUT2D eigenvalue weighted by Crippen LogP contribution is -2.46. The summed E-state index contributed by atoms with van der Waals surface area (Å²) in [5, 5.41) is 7.39. The van der Waals surface area contributed by atoms with E-state index in [1.54, 1.807) is 6.20 Å². The third-order valence-electron chi connectivity index (χ3n) is 7.48. The number of nitrogens with zero attached hydrogens (tertiary/aromatic N) is 5. The molecule has 8 nitrogen and oxygen atoms in total. The quantitative estimate of drug-likeness (QED) is 0.442. The number of aromatic nitrogens is 3. The first-order valence-electron chi connectivity index (χ1n) is 11.6. The number of hydrogen-bond donors (Lipinski definition) is 1. The topological polar surface area (TPSA) is 91.0 Å². The minimum absolute atomic E-state index is 0.178. The SMILES string of the molecule is CN1CCC2(CC1)CCN(c1ncc3c(=O)c(C=O)c4sc5ccccc5n4c3n1)CC2.CO. The molecule has 0 saturated carbocycles. The Morgan fingerprint density at radius 2 is 1.74 bits per heavy atom. The summed E-state index contributed by atoms with van der Waals surface area (Å²) in [6, 6.07) is 7.94. The lowest BCUT2D eigenvalue weighted by Gasteiger charge is -2.46. The minimum atomic E-state index is -0.294. The van der Waals surface area contributed by atoms with Crippen LogP contribution in [0.1, 0.15) is 36.0 Å². The van der Waals surface area contributed by atoms with Gasteiger partial charge in [0.1, 0.15) is 4.83 Å². The highest BCUT2D eigenvalue weighted by Crippen LogP contribution is 2.41. The summed E-state index contributed by atoms with van der Waals surface area (Å²) in [5.41, 5.74) is 1.87. The van der Waals surface area contributed by atoms with E-state index in [-0.39, 0.29) is 11.0 Å². The van der Waals surface area contributed by atoms with Gasteiger partial charge in [0.15, 0.2) is 11.9 Å². The largest absolute Gasteiger partial charge is 0.400 e. The second-order valence-corrected chi connectivity index (χ2v) is 10.3. The summed E-state index contributed by atoms with van der Waals surface area (Å²) in [4.78, 5) is 39.6. The summed E-state index contributed by atoms with van der Waals surface area (Å²) < 4.78 is 2.97. The van der Waals surface area contributed by atoms with Crippen molar-refractivity contribution < 1.29 is 9.90 Å². The molecule has 5 heterocycles. The normalized spacial score (nSPS) is 18.4. The molecule has 9 heteroatoms. The van der Waals surface area contributed by atoms with Crippen molar-refractivity contribution in [3.05, 3.63) is 46.2 Å². The van der Waals surface area contributed by atoms with E-state index in [4.69, 9.17) is 10.1 Å². The fraction of sp³-hybridized carbons (Fsp3) is 0.440. The average molecular weight is 480 g/mol. The van der Waals surface area contributed by atoms with Crippen molar-refractivity contribution in [2.75, 3.05) is 45.2 Å². The highest BCUT2D eigenvalue weighted by molar-refractivity contribution is 7.24. The number of pyridine rings is 1. The number of fused-ring (bicyclic) bond motifs is 5. The van der Waals surface area contributed by atoms with Crippen LogP contribution in [0.15, 0.2) is 35.3 Å². The molecule has 1 aromatic carbocycles. The van der Waals surface area contributed by atoms with Crippen molar-refractivity contribution in [3.63, 3.8) is 0 Å². The molecule has 2 aliphatic rings. The minimum Gasteiger partial charge on any atom is -0.400 e. The number of aliphatic hydroxyl groups excluding tert-OH is 1. The molecule has 0 radical (unpaired) electrons. The molecule has 0 bridgehead atoms. The number of carbonyl (C=O) groups is 1. The Labute approximate surface area is 201 Å². The fourth-order valence-electron chi connectivity index (χ4n) is 5.34. The van der Waals surface area contributed by atoms with Gasteiger partial charge >= 0.3 is 0 Å². The molecule has 1 spiro atoms. The molecule has 4 aromatic rings. The molecule has 2 saturated heterocycles. The Bertz CT molecular complexity index is 1410. The summed E-state index contributed by atoms with van der Waals surface area (Å²) >= 11 is 1.45. The van der Waals surface area contributed by atoms with Crippen LogP contribution < -0.4 is 10.3 Å². The molecule has 3 aromatic heterocycles. The molecular formula is C25H29N5O3S. The van der Waals surface area contributed by atoms with Gasteiger partial charge in [0.2, 0.25) is 11.4 Å². The Balaban J connectivity index is 0.00000117. The molecule has 0 amide bonds. The number of hydrogen-bond acceptors (Lipinski definition) is 8. The number of rotatable bonds is 2. The van der Waals surface area contributed by atoms with Gasteiger partial charge in [-0.1, -0.05) is 12.1 Å². The predicted molar refractivity (Wildman–Crippen MR) is 136 cm³/mol. The van der Waals surface area contributed by atoms with Gasteiger partial charge in [-0.05, 0) is 63.4 Å². The summed E-state index contributed by atoms with van der Waals surface area (Å²) in [6.07, 6.45) is 7.10. The molecular weight excluding hydrogens is 450 g/mol. The van der Waals surface area contributed by atoms with Crippen LogP contribution in [0.2, 0.25) is 0 Å². The number of anilines is 1. The maximum absolute atomic E-state index is 13.0. The monoisotopic (exact) mass is 479 g/mol. The Morgan fingerprint density at radius 3 is 2.44 bits per heavy atom. The number of benzene rings is 1. The van der Waals surface area contributed by atoms with Gasteiger partial charge in [-0.3, -0.25) is 14.0 Å². The number of para-hydroxylation sites is 1. The van der Waals surface area contributed by atoms with Crippen LogP contribution >= 0.6 is 11.3 Å². The molecule has 2 aliphatic heterocycles. The standard InChI is InChI=1S/C24H25N5O2S.CH4O/c1-27-10-6-24(7-11-27)8-12-28(13-9-24)23-25-14-16-20(31)17(15-30)22-29(21(16)26-23)18-4-2-3-5-19(18)32-22;1-2/h2-5,14-15H,6-13H2,1H3;2H,1H3. The van der Waals surface area contributed by atoms with E-state index in [0.717, 1.165) is 43.3 Å². The second-order valence-electron chi connectivity index (χ2n) is 9.27. The van der Waals surface area contributed by atoms with Crippen molar-refractivity contribution >= 4 is 49.7 Å². The van der Waals surface area contributed by atoms with Gasteiger partial charge < -0.3 is 14.9 Å². The molecule has 2 fully saturated rings. The van der Waals surface area contributed by atoms with Crippen LogP contribution in [0.25, 0.3) is 26.1 Å². The first-order chi connectivity index (χ1) is 16.6. The third-order valence-corrected chi connectivity index (χ3v) is 8.64. The van der Waals surface area contributed by atoms with Crippen LogP contribution in [0.3, 0.4) is 0 Å². The number of piperidine rings is 2. The number of aliphatic hydroxyl groups is 1. The van der Waals surface area contributed by atoms with E-state index in [2.05, 4.69) is 21.8 Å². The molecule has 0 atom stereocenters. The van der Waals surface area contributed by atoms with Crippen LogP contribution in [-0.4, -0.2) is 71.0 Å². The highest BCUT2D eigenvalue weighted by atomic mass is 32.1. The first-order valence-corrected chi connectivity index (χ1v) is 12.5. The smallest absolute Gasteiger partial charge is 0.227 e. The van der Waals surface area contributed by atoms with Crippen molar-refractivity contribution in [3.8, 4) is 0 Å². The zero-order chi connectivity index (χ0) is 23.9. The predicted octanol–water partition coefficient (Wildman–Crippen LogP) is 3.19. The van der Waals surface area contributed by atoms with E-state index in [1.807, 2.05) is 28.7 Å². The van der Waals surface area contributed by atoms with Crippen molar-refractivity contribution in [1.82, 2.24) is 19.3 Å². The third kappa shape index (κ3) is 3.68. The summed E-state index contributed by atoms with van der Waals surface area (Å²) in [6.45, 7) is 4.23. The van der Waals surface area contributed by atoms with Gasteiger partial charge in [0, 0.05) is 26.4 Å². The van der Waals surface area contributed by atoms with Gasteiger partial charge in [-0.25, -0.2) is 4.98 Å². The van der Waals surface area contributed by atoms with Gasteiger partial charge in [-0.15, -0.1) is 11.3 Å². The van der Waals surface area contributed by atoms with Crippen LogP contribution in [0, 0.1) is 5.41 Å². The van der Waals surface area contributed by atoms with Crippen molar-refractivity contribution in [2.45, 2.75) is 25.7 Å². The van der Waals surface area contributed by atoms with E-state index in [1.165, 1.54) is 37.3 Å². The number of thiazole rings is 1. The molecule has 0 unspecified atom stereocenters. The zero-order valence-electron chi connectivity index (χ0n) is 19.5. The van der Waals surface area contributed by atoms with E-state index < -0.39 is 0 Å². The summed E-state index contributed by atoms with van der Waals surface area (Å²) in [7, 11) is 3.21. The summed E-state index contributed by atoms with van der Waals surface area (Å²) in [5.74, 6) is 0.669. The molecule has 0 aliphatic carbocycles. The van der Waals surface area contributed by atoms with Gasteiger partial charge in [0.05, 0.1) is 21.2 Å². The Hall–Kier alpha value is -2.88. The highest BCUT2D eigenvalue weighted by Gasteiger charge is 2.37.